The van der Waals surface area contributed by atoms with Crippen molar-refractivity contribution in [3.63, 3.8) is 0 Å². The highest BCUT2D eigenvalue weighted by Gasteiger charge is 2.21. The highest BCUT2D eigenvalue weighted by Crippen LogP contribution is 2.32. The van der Waals surface area contributed by atoms with Crippen LogP contribution in [0.1, 0.15) is 61.4 Å². The smallest absolute Gasteiger partial charge is 0.339 e. The highest BCUT2D eigenvalue weighted by atomic mass is 16.6. The number of imidazole rings is 2. The zero-order valence-corrected chi connectivity index (χ0v) is 25.8. The molecule has 0 unspecified atom stereocenters. The molecule has 2 aromatic heterocycles. The Morgan fingerprint density at radius 1 is 0.860 bits per heavy atom. The number of para-hydroxylation sites is 2. The van der Waals surface area contributed by atoms with Crippen LogP contribution in [0.3, 0.4) is 0 Å². The molecule has 0 saturated heterocycles. The van der Waals surface area contributed by atoms with Crippen LogP contribution in [0.2, 0.25) is 0 Å². The number of carbonyl (C=O) groups excluding carboxylic acids is 1. The van der Waals surface area contributed by atoms with Crippen LogP contribution >= 0.6 is 0 Å². The molecule has 4 aromatic carbocycles. The van der Waals surface area contributed by atoms with Crippen LogP contribution < -0.4 is 0 Å². The number of esters is 1. The lowest BCUT2D eigenvalue weighted by atomic mass is 9.98. The lowest BCUT2D eigenvalue weighted by molar-refractivity contribution is 0.00704. The van der Waals surface area contributed by atoms with Gasteiger partial charge in [0.25, 0.3) is 0 Å². The number of hydrogen-bond acceptors (Lipinski definition) is 4. The Labute approximate surface area is 253 Å². The Balaban J connectivity index is 1.40. The Kier molecular flexibility index (Phi) is 7.38. The minimum absolute atomic E-state index is 0.314. The number of hydrogen-bond donors (Lipinski definition) is 0. The number of benzene rings is 4. The van der Waals surface area contributed by atoms with Crippen molar-refractivity contribution in [1.29, 1.82) is 0 Å². The molecule has 0 fully saturated rings. The maximum absolute atomic E-state index is 13.1. The van der Waals surface area contributed by atoms with Gasteiger partial charge in [0, 0.05) is 25.6 Å². The molecule has 6 rings (SSSR count). The van der Waals surface area contributed by atoms with E-state index in [1.165, 1.54) is 5.56 Å². The van der Waals surface area contributed by atoms with E-state index in [1.54, 1.807) is 0 Å². The minimum Gasteiger partial charge on any atom is -0.456 e. The first kappa shape index (κ1) is 28.4. The summed E-state index contributed by atoms with van der Waals surface area (Å²) in [5.74, 6) is 1.70. The third-order valence-corrected chi connectivity index (χ3v) is 7.75. The zero-order chi connectivity index (χ0) is 30.3. The van der Waals surface area contributed by atoms with Crippen LogP contribution in [0.25, 0.3) is 44.6 Å². The molecule has 6 nitrogen and oxygen atoms in total. The number of aryl methyl sites for hydroxylation is 3. The zero-order valence-electron chi connectivity index (χ0n) is 25.8. The molecule has 0 atom stereocenters. The molecule has 6 heteroatoms. The normalized spacial score (nSPS) is 11.9. The van der Waals surface area contributed by atoms with Gasteiger partial charge in [0.05, 0.1) is 27.6 Å². The van der Waals surface area contributed by atoms with Crippen molar-refractivity contribution in [2.45, 2.75) is 59.6 Å². The maximum Gasteiger partial charge on any atom is 0.339 e. The van der Waals surface area contributed by atoms with Crippen molar-refractivity contribution >= 4 is 28.0 Å². The molecule has 0 spiro atoms. The summed E-state index contributed by atoms with van der Waals surface area (Å²) in [6, 6.07) is 28.7. The van der Waals surface area contributed by atoms with E-state index in [0.29, 0.717) is 12.1 Å². The van der Waals surface area contributed by atoms with Gasteiger partial charge >= 0.3 is 5.97 Å². The summed E-state index contributed by atoms with van der Waals surface area (Å²) in [7, 11) is 2.07. The summed E-state index contributed by atoms with van der Waals surface area (Å²) < 4.78 is 10.2. The van der Waals surface area contributed by atoms with Crippen LogP contribution in [0.4, 0.5) is 0 Å². The molecule has 0 aliphatic rings. The predicted molar refractivity (Wildman–Crippen MR) is 174 cm³/mol. The first-order valence-electron chi connectivity index (χ1n) is 15.0. The van der Waals surface area contributed by atoms with Gasteiger partial charge in [-0.2, -0.15) is 0 Å². The molecule has 218 valence electrons. The average molecular weight is 571 g/mol. The molecule has 0 aliphatic heterocycles. The number of ether oxygens (including phenoxy) is 1. The molecule has 43 heavy (non-hydrogen) atoms. The quantitative estimate of drug-likeness (QED) is 0.181. The Morgan fingerprint density at radius 2 is 1.63 bits per heavy atom. The van der Waals surface area contributed by atoms with Crippen LogP contribution in [0.15, 0.2) is 84.9 Å². The summed E-state index contributed by atoms with van der Waals surface area (Å²) in [5.41, 5.74) is 9.47. The lowest BCUT2D eigenvalue weighted by Crippen LogP contribution is -2.24. The Bertz CT molecular complexity index is 1970. The maximum atomic E-state index is 13.1. The standard InChI is InChI=1S/C37H38N4O2/c1-7-13-33-38-31-22-27(35-39-30-18-10-11-19-32(30)40(35)6)20-24(2)34(31)41(33)23-25-14-12-15-26(21-25)28-16-8-9-17-29(28)36(42)43-37(3,4)5/h8-12,14-22H,7,13,23H2,1-6H3. The van der Waals surface area contributed by atoms with Gasteiger partial charge in [-0.3, -0.25) is 0 Å². The SMILES string of the molecule is CCCc1nc2cc(-c3nc4ccccc4n3C)cc(C)c2n1Cc1cccc(-c2ccccc2C(=O)OC(C)(C)C)c1. The monoisotopic (exact) mass is 570 g/mol. The summed E-state index contributed by atoms with van der Waals surface area (Å²) in [4.78, 5) is 23.1. The minimum atomic E-state index is -0.564. The highest BCUT2D eigenvalue weighted by molar-refractivity contribution is 5.97. The lowest BCUT2D eigenvalue weighted by Gasteiger charge is -2.20. The van der Waals surface area contributed by atoms with Crippen molar-refractivity contribution in [2.75, 3.05) is 0 Å². The van der Waals surface area contributed by atoms with Gasteiger partial charge in [-0.25, -0.2) is 14.8 Å². The second-order valence-electron chi connectivity index (χ2n) is 12.3. The largest absolute Gasteiger partial charge is 0.456 e. The van der Waals surface area contributed by atoms with E-state index in [1.807, 2.05) is 57.2 Å². The van der Waals surface area contributed by atoms with Crippen molar-refractivity contribution in [2.24, 2.45) is 7.05 Å². The summed E-state index contributed by atoms with van der Waals surface area (Å²) in [5, 5.41) is 0. The van der Waals surface area contributed by atoms with Crippen LogP contribution in [-0.2, 0) is 24.8 Å². The van der Waals surface area contributed by atoms with Crippen LogP contribution in [0, 0.1) is 6.92 Å². The summed E-state index contributed by atoms with van der Waals surface area (Å²) in [6.45, 7) is 10.7. The third-order valence-electron chi connectivity index (χ3n) is 7.75. The van der Waals surface area contributed by atoms with E-state index >= 15 is 0 Å². The fraction of sp³-hybridized carbons (Fsp3) is 0.270. The Hall–Kier alpha value is -4.71. The van der Waals surface area contributed by atoms with Crippen LogP contribution in [0.5, 0.6) is 0 Å². The number of fused-ring (bicyclic) bond motifs is 2. The molecule has 0 amide bonds. The number of carbonyl (C=O) groups is 1. The molecular formula is C37H38N4O2. The first-order chi connectivity index (χ1) is 20.6. The number of rotatable bonds is 7. The molecule has 0 saturated carbocycles. The predicted octanol–water partition coefficient (Wildman–Crippen LogP) is 8.52. The van der Waals surface area contributed by atoms with E-state index in [4.69, 9.17) is 14.7 Å². The second-order valence-corrected chi connectivity index (χ2v) is 12.3. The first-order valence-corrected chi connectivity index (χ1v) is 15.0. The van der Waals surface area contributed by atoms with Crippen molar-refractivity contribution in [3.8, 4) is 22.5 Å². The topological polar surface area (TPSA) is 61.9 Å². The molecule has 6 aromatic rings. The van der Waals surface area contributed by atoms with Gasteiger partial charge in [0.15, 0.2) is 0 Å². The second kappa shape index (κ2) is 11.2. The average Bonchev–Trinajstić information content (AvgIpc) is 3.49. The molecule has 0 N–H and O–H groups in total. The van der Waals surface area contributed by atoms with E-state index in [0.717, 1.165) is 68.8 Å². The summed E-state index contributed by atoms with van der Waals surface area (Å²) in [6.07, 6.45) is 1.89. The van der Waals surface area contributed by atoms with Gasteiger partial charge in [-0.1, -0.05) is 55.5 Å². The van der Waals surface area contributed by atoms with Gasteiger partial charge in [0.2, 0.25) is 0 Å². The van der Waals surface area contributed by atoms with E-state index in [-0.39, 0.29) is 5.97 Å². The molecule has 2 heterocycles. The van der Waals surface area contributed by atoms with Gasteiger partial charge < -0.3 is 13.9 Å². The van der Waals surface area contributed by atoms with Crippen LogP contribution in [-0.4, -0.2) is 30.7 Å². The Morgan fingerprint density at radius 3 is 2.40 bits per heavy atom. The van der Waals surface area contributed by atoms with Crippen molar-refractivity contribution in [1.82, 2.24) is 19.1 Å². The van der Waals surface area contributed by atoms with E-state index < -0.39 is 5.60 Å². The van der Waals surface area contributed by atoms with E-state index in [9.17, 15) is 4.79 Å². The fourth-order valence-corrected chi connectivity index (χ4v) is 5.91. The number of aromatic nitrogens is 4. The molecule has 0 aliphatic carbocycles. The van der Waals surface area contributed by atoms with Crippen molar-refractivity contribution < 1.29 is 9.53 Å². The fourth-order valence-electron chi connectivity index (χ4n) is 5.91. The molecular weight excluding hydrogens is 532 g/mol. The molecule has 0 bridgehead atoms. The van der Waals surface area contributed by atoms with Crippen molar-refractivity contribution in [3.05, 3.63) is 107 Å². The van der Waals surface area contributed by atoms with E-state index in [2.05, 4.69) is 78.6 Å². The van der Waals surface area contributed by atoms with Gasteiger partial charge in [-0.15, -0.1) is 0 Å². The number of nitrogens with zero attached hydrogens (tertiary/aromatic N) is 4. The van der Waals surface area contributed by atoms with Gasteiger partial charge in [-0.05, 0) is 92.8 Å². The van der Waals surface area contributed by atoms with Gasteiger partial charge in [0.1, 0.15) is 17.2 Å². The molecule has 0 radical (unpaired) electrons. The third kappa shape index (κ3) is 5.57. The summed E-state index contributed by atoms with van der Waals surface area (Å²) >= 11 is 0.